The van der Waals surface area contributed by atoms with E-state index >= 15 is 0 Å². The van der Waals surface area contributed by atoms with E-state index in [1.165, 1.54) is 36.8 Å². The molecule has 0 bridgehead atoms. The van der Waals surface area contributed by atoms with Gasteiger partial charge in [0.25, 0.3) is 0 Å². The molecule has 5 atom stereocenters. The maximum absolute atomic E-state index is 12.2. The Bertz CT molecular complexity index is 1480. The van der Waals surface area contributed by atoms with Crippen molar-refractivity contribution >= 4 is 35.2 Å². The molecular formula is C32H34O9S. The fourth-order valence-corrected chi connectivity index (χ4v) is 6.14. The van der Waals surface area contributed by atoms with Gasteiger partial charge in [0.05, 0.1) is 0 Å². The molecule has 10 heteroatoms. The summed E-state index contributed by atoms with van der Waals surface area (Å²) in [6.45, 7) is 8.81. The Morgan fingerprint density at radius 3 is 1.98 bits per heavy atom. The standard InChI is InChI=1S/C32H34O9S/c1-17-11-12-23(15-24(17)16-25-13-14-27(42-25)26-10-8-7-9-18(26)2)28-29(37-19(3)33)30(38-20(4)34)31(39-21(5)35)32(41-28)40-22(6)36/h7-15,28-32H,16H2,1-6H3/t28?,29-,30+,31-,32-/m0/s1. The molecule has 0 N–H and O–H groups in total. The van der Waals surface area contributed by atoms with Crippen LogP contribution in [0.4, 0.5) is 0 Å². The number of benzene rings is 2. The summed E-state index contributed by atoms with van der Waals surface area (Å²) in [5.74, 6) is -2.79. The van der Waals surface area contributed by atoms with E-state index in [2.05, 4.69) is 31.2 Å². The number of ether oxygens (including phenoxy) is 5. The number of hydrogen-bond acceptors (Lipinski definition) is 10. The average molecular weight is 595 g/mol. The smallest absolute Gasteiger partial charge is 0.305 e. The van der Waals surface area contributed by atoms with Crippen molar-refractivity contribution in [3.8, 4) is 10.4 Å². The molecule has 1 aliphatic rings. The van der Waals surface area contributed by atoms with Crippen molar-refractivity contribution in [1.82, 2.24) is 0 Å². The molecule has 0 radical (unpaired) electrons. The van der Waals surface area contributed by atoms with Crippen molar-refractivity contribution < 1.29 is 42.9 Å². The van der Waals surface area contributed by atoms with E-state index in [1.54, 1.807) is 11.3 Å². The summed E-state index contributed by atoms with van der Waals surface area (Å²) in [6, 6.07) is 18.1. The molecule has 0 aliphatic carbocycles. The number of rotatable bonds is 8. The highest BCUT2D eigenvalue weighted by Gasteiger charge is 2.53. The molecule has 0 saturated carbocycles. The summed E-state index contributed by atoms with van der Waals surface area (Å²) in [7, 11) is 0. The van der Waals surface area contributed by atoms with Crippen LogP contribution in [0.3, 0.4) is 0 Å². The van der Waals surface area contributed by atoms with Crippen LogP contribution in [-0.2, 0) is 49.3 Å². The van der Waals surface area contributed by atoms with Crippen molar-refractivity contribution in [2.24, 2.45) is 0 Å². The van der Waals surface area contributed by atoms with Crippen molar-refractivity contribution in [1.29, 1.82) is 0 Å². The van der Waals surface area contributed by atoms with Crippen LogP contribution in [0.5, 0.6) is 0 Å². The van der Waals surface area contributed by atoms with E-state index in [-0.39, 0.29) is 0 Å². The van der Waals surface area contributed by atoms with E-state index in [9.17, 15) is 19.2 Å². The van der Waals surface area contributed by atoms with Gasteiger partial charge in [-0.2, -0.15) is 0 Å². The lowest BCUT2D eigenvalue weighted by molar-refractivity contribution is -0.298. The third-order valence-corrected chi connectivity index (χ3v) is 7.94. The molecule has 222 valence electrons. The Morgan fingerprint density at radius 2 is 1.33 bits per heavy atom. The van der Waals surface area contributed by atoms with Gasteiger partial charge < -0.3 is 23.7 Å². The van der Waals surface area contributed by atoms with Gasteiger partial charge in [0, 0.05) is 43.9 Å². The van der Waals surface area contributed by atoms with E-state index in [1.807, 2.05) is 37.3 Å². The maximum atomic E-state index is 12.2. The molecule has 1 unspecified atom stereocenters. The average Bonchev–Trinajstić information content (AvgIpc) is 3.36. The van der Waals surface area contributed by atoms with Crippen molar-refractivity contribution in [2.45, 2.75) is 78.7 Å². The van der Waals surface area contributed by atoms with Crippen LogP contribution in [0.25, 0.3) is 10.4 Å². The third-order valence-electron chi connectivity index (χ3n) is 6.82. The zero-order valence-corrected chi connectivity index (χ0v) is 25.2. The van der Waals surface area contributed by atoms with E-state index < -0.39 is 54.6 Å². The Hall–Kier alpha value is -4.02. The highest BCUT2D eigenvalue weighted by Crippen LogP contribution is 2.39. The summed E-state index contributed by atoms with van der Waals surface area (Å²) in [5.41, 5.74) is 5.04. The van der Waals surface area contributed by atoms with Crippen LogP contribution in [0.2, 0.25) is 0 Å². The highest BCUT2D eigenvalue weighted by atomic mass is 32.1. The Balaban J connectivity index is 1.72. The lowest BCUT2D eigenvalue weighted by atomic mass is 9.90. The molecule has 3 aromatic rings. The lowest BCUT2D eigenvalue weighted by Gasteiger charge is -2.44. The zero-order valence-electron chi connectivity index (χ0n) is 24.4. The molecule has 0 amide bonds. The highest BCUT2D eigenvalue weighted by molar-refractivity contribution is 7.15. The third kappa shape index (κ3) is 7.43. The van der Waals surface area contributed by atoms with E-state index in [0.717, 1.165) is 22.9 Å². The van der Waals surface area contributed by atoms with E-state index in [4.69, 9.17) is 23.7 Å². The first kappa shape index (κ1) is 30.9. The summed E-state index contributed by atoms with van der Waals surface area (Å²) < 4.78 is 28.0. The minimum atomic E-state index is -1.42. The van der Waals surface area contributed by atoms with Crippen molar-refractivity contribution in [3.05, 3.63) is 81.7 Å². The molecular weight excluding hydrogens is 560 g/mol. The normalized spacial score (nSPS) is 21.7. The number of carbonyl (C=O) groups is 4. The Morgan fingerprint density at radius 1 is 0.714 bits per heavy atom. The molecule has 42 heavy (non-hydrogen) atoms. The SMILES string of the molecule is CC(=O)O[C@H]1OC(c2ccc(C)c(Cc3ccc(-c4ccccc4C)s3)c2)[C@H](OC(C)=O)[C@@H](OC(C)=O)[C@@H]1OC(C)=O. The number of hydrogen-bond donors (Lipinski definition) is 0. The second kappa shape index (κ2) is 13.3. The van der Waals surface area contributed by atoms with Gasteiger partial charge in [-0.05, 0) is 53.8 Å². The predicted molar refractivity (Wildman–Crippen MR) is 155 cm³/mol. The first-order chi connectivity index (χ1) is 19.9. The van der Waals surface area contributed by atoms with Crippen LogP contribution < -0.4 is 0 Å². The van der Waals surface area contributed by atoms with Crippen molar-refractivity contribution in [3.63, 3.8) is 0 Å². The molecule has 4 rings (SSSR count). The first-order valence-corrected chi connectivity index (χ1v) is 14.3. The zero-order chi connectivity index (χ0) is 30.6. The maximum Gasteiger partial charge on any atom is 0.305 e. The second-order valence-corrected chi connectivity index (χ2v) is 11.4. The fourth-order valence-electron chi connectivity index (χ4n) is 5.01. The van der Waals surface area contributed by atoms with Gasteiger partial charge in [0.2, 0.25) is 12.4 Å². The topological polar surface area (TPSA) is 114 Å². The number of carbonyl (C=O) groups excluding carboxylic acids is 4. The molecule has 0 spiro atoms. The first-order valence-electron chi connectivity index (χ1n) is 13.5. The van der Waals surface area contributed by atoms with Crippen LogP contribution in [0.15, 0.2) is 54.6 Å². The fraction of sp³-hybridized carbons (Fsp3) is 0.375. The predicted octanol–water partition coefficient (Wildman–Crippen LogP) is 5.38. The van der Waals surface area contributed by atoms with Gasteiger partial charge in [0.15, 0.2) is 12.2 Å². The molecule has 1 fully saturated rings. The van der Waals surface area contributed by atoms with Gasteiger partial charge in [-0.25, -0.2) is 0 Å². The van der Waals surface area contributed by atoms with Gasteiger partial charge >= 0.3 is 23.9 Å². The van der Waals surface area contributed by atoms with Gasteiger partial charge in [0.1, 0.15) is 6.10 Å². The molecule has 2 aromatic carbocycles. The van der Waals surface area contributed by atoms with Crippen LogP contribution in [0.1, 0.15) is 60.9 Å². The molecule has 9 nitrogen and oxygen atoms in total. The molecule has 1 aliphatic heterocycles. The Labute approximate surface area is 248 Å². The molecule has 1 saturated heterocycles. The summed E-state index contributed by atoms with van der Waals surface area (Å²) in [6.07, 6.45) is -5.68. The summed E-state index contributed by atoms with van der Waals surface area (Å²) in [5, 5.41) is 0. The molecule has 2 heterocycles. The lowest BCUT2D eigenvalue weighted by Crippen LogP contribution is -2.59. The largest absolute Gasteiger partial charge is 0.455 e. The minimum Gasteiger partial charge on any atom is -0.455 e. The van der Waals surface area contributed by atoms with E-state index in [0.29, 0.717) is 12.0 Å². The van der Waals surface area contributed by atoms with Crippen LogP contribution in [0, 0.1) is 13.8 Å². The monoisotopic (exact) mass is 594 g/mol. The summed E-state index contributed by atoms with van der Waals surface area (Å²) >= 11 is 1.71. The number of aryl methyl sites for hydroxylation is 2. The summed E-state index contributed by atoms with van der Waals surface area (Å²) in [4.78, 5) is 50.6. The van der Waals surface area contributed by atoms with Gasteiger partial charge in [-0.1, -0.05) is 42.5 Å². The van der Waals surface area contributed by atoms with Crippen molar-refractivity contribution in [2.75, 3.05) is 0 Å². The quantitative estimate of drug-likeness (QED) is 0.251. The number of thiophene rings is 1. The second-order valence-electron chi connectivity index (χ2n) is 10.2. The van der Waals surface area contributed by atoms with Gasteiger partial charge in [-0.15, -0.1) is 11.3 Å². The van der Waals surface area contributed by atoms with Crippen LogP contribution in [-0.4, -0.2) is 48.5 Å². The minimum absolute atomic E-state index is 0.605. The molecule has 1 aromatic heterocycles. The van der Waals surface area contributed by atoms with Gasteiger partial charge in [-0.3, -0.25) is 19.2 Å². The Kier molecular flexibility index (Phi) is 9.80. The van der Waals surface area contributed by atoms with Crippen LogP contribution >= 0.6 is 11.3 Å². The number of esters is 4.